The van der Waals surface area contributed by atoms with Gasteiger partial charge in [-0.1, -0.05) is 49.6 Å². The maximum Gasteiger partial charge on any atom is 0.0479 e. The van der Waals surface area contributed by atoms with E-state index in [1.165, 1.54) is 57.1 Å². The number of hydrogen-bond donors (Lipinski definition) is 1. The molecule has 0 aromatic heterocycles. The predicted octanol–water partition coefficient (Wildman–Crippen LogP) is 3.89. The Labute approximate surface area is 128 Å². The van der Waals surface area contributed by atoms with Crippen LogP contribution in [0.15, 0.2) is 30.3 Å². The molecule has 0 amide bonds. The smallest absolute Gasteiger partial charge is 0.0479 e. The Hall–Kier alpha value is -0.860. The number of hydrogen-bond acceptors (Lipinski definition) is 2. The largest absolute Gasteiger partial charge is 0.308 e. The van der Waals surface area contributed by atoms with E-state index in [0.717, 1.165) is 6.54 Å². The maximum atomic E-state index is 3.97. The first-order valence-electron chi connectivity index (χ1n) is 8.78. The molecule has 3 fully saturated rings. The van der Waals surface area contributed by atoms with Crippen LogP contribution in [-0.2, 0) is 0 Å². The predicted molar refractivity (Wildman–Crippen MR) is 87.3 cm³/mol. The van der Waals surface area contributed by atoms with E-state index in [9.17, 15) is 0 Å². The molecule has 21 heavy (non-hydrogen) atoms. The van der Waals surface area contributed by atoms with Crippen LogP contribution in [0.5, 0.6) is 0 Å². The summed E-state index contributed by atoms with van der Waals surface area (Å²) >= 11 is 0. The third-order valence-corrected chi connectivity index (χ3v) is 6.18. The van der Waals surface area contributed by atoms with Crippen molar-refractivity contribution < 1.29 is 0 Å². The van der Waals surface area contributed by atoms with E-state index in [4.69, 9.17) is 0 Å². The Morgan fingerprint density at radius 1 is 1.00 bits per heavy atom. The molecular weight excluding hydrogens is 256 g/mol. The van der Waals surface area contributed by atoms with Gasteiger partial charge in [0.05, 0.1) is 0 Å². The fraction of sp³-hybridized carbons (Fsp3) is 0.684. The summed E-state index contributed by atoms with van der Waals surface area (Å²) in [6.45, 7) is 4.85. The monoisotopic (exact) mass is 284 g/mol. The number of benzene rings is 1. The van der Waals surface area contributed by atoms with Crippen LogP contribution in [0.4, 0.5) is 0 Å². The molecule has 3 aliphatic rings. The van der Waals surface area contributed by atoms with Crippen LogP contribution in [0.25, 0.3) is 0 Å². The molecule has 1 unspecified atom stereocenters. The molecule has 1 saturated heterocycles. The van der Waals surface area contributed by atoms with Crippen LogP contribution >= 0.6 is 0 Å². The summed E-state index contributed by atoms with van der Waals surface area (Å²) in [7, 11) is 0. The van der Waals surface area contributed by atoms with Gasteiger partial charge in [-0.3, -0.25) is 4.90 Å². The topological polar surface area (TPSA) is 15.3 Å². The zero-order valence-corrected chi connectivity index (χ0v) is 13.3. The van der Waals surface area contributed by atoms with Gasteiger partial charge in [-0.2, -0.15) is 0 Å². The number of rotatable bonds is 2. The molecular formula is C19H28N2. The summed E-state index contributed by atoms with van der Waals surface area (Å²) in [5.74, 6) is 0. The molecule has 2 aliphatic carbocycles. The van der Waals surface area contributed by atoms with E-state index in [-0.39, 0.29) is 0 Å². The molecule has 2 saturated carbocycles. The minimum Gasteiger partial charge on any atom is -0.308 e. The van der Waals surface area contributed by atoms with Gasteiger partial charge in [0.15, 0.2) is 0 Å². The Bertz CT molecular complexity index is 486. The minimum atomic E-state index is 0.412. The first-order valence-corrected chi connectivity index (χ1v) is 8.78. The van der Waals surface area contributed by atoms with Gasteiger partial charge in [0.1, 0.15) is 0 Å². The van der Waals surface area contributed by atoms with Gasteiger partial charge in [0.25, 0.3) is 0 Å². The van der Waals surface area contributed by atoms with Crippen molar-refractivity contribution in [2.75, 3.05) is 13.1 Å². The molecule has 114 valence electrons. The molecule has 0 bridgehead atoms. The molecule has 1 spiro atoms. The lowest BCUT2D eigenvalue weighted by Crippen LogP contribution is -2.64. The second kappa shape index (κ2) is 5.10. The van der Waals surface area contributed by atoms with Crippen molar-refractivity contribution >= 4 is 0 Å². The van der Waals surface area contributed by atoms with Crippen molar-refractivity contribution in [1.29, 1.82) is 0 Å². The van der Waals surface area contributed by atoms with Crippen molar-refractivity contribution in [3.63, 3.8) is 0 Å². The van der Waals surface area contributed by atoms with Crippen molar-refractivity contribution in [3.05, 3.63) is 35.9 Å². The van der Waals surface area contributed by atoms with Crippen LogP contribution < -0.4 is 5.32 Å². The SMILES string of the molecule is CC1(N2CC3(CCCCC3)NCC2c2ccccc2)CC1. The summed E-state index contributed by atoms with van der Waals surface area (Å²) in [5, 5.41) is 3.97. The minimum absolute atomic E-state index is 0.412. The fourth-order valence-corrected chi connectivity index (χ4v) is 4.49. The van der Waals surface area contributed by atoms with Gasteiger partial charge in [-0.05, 0) is 38.2 Å². The second-order valence-electron chi connectivity index (χ2n) is 7.77. The third-order valence-electron chi connectivity index (χ3n) is 6.18. The highest BCUT2D eigenvalue weighted by Crippen LogP contribution is 2.48. The molecule has 1 aliphatic heterocycles. The van der Waals surface area contributed by atoms with Gasteiger partial charge in [-0.15, -0.1) is 0 Å². The number of nitrogens with zero attached hydrogens (tertiary/aromatic N) is 1. The van der Waals surface area contributed by atoms with E-state index in [0.29, 0.717) is 17.1 Å². The molecule has 4 rings (SSSR count). The first-order chi connectivity index (χ1) is 10.2. The van der Waals surface area contributed by atoms with Gasteiger partial charge in [-0.25, -0.2) is 0 Å². The molecule has 2 heteroatoms. The highest BCUT2D eigenvalue weighted by molar-refractivity contribution is 5.23. The molecule has 1 atom stereocenters. The van der Waals surface area contributed by atoms with Crippen LogP contribution in [0.1, 0.15) is 63.5 Å². The van der Waals surface area contributed by atoms with Crippen LogP contribution in [0.3, 0.4) is 0 Å². The maximum absolute atomic E-state index is 3.97. The highest BCUT2D eigenvalue weighted by atomic mass is 15.3. The summed E-state index contributed by atoms with van der Waals surface area (Å²) in [6.07, 6.45) is 9.77. The van der Waals surface area contributed by atoms with Crippen molar-refractivity contribution in [3.8, 4) is 0 Å². The summed E-state index contributed by atoms with van der Waals surface area (Å²) < 4.78 is 0. The third kappa shape index (κ3) is 2.53. The molecule has 2 nitrogen and oxygen atoms in total. The standard InChI is InChI=1S/C19H28N2/c1-18(12-13-18)21-15-19(10-6-3-7-11-19)20-14-17(21)16-8-4-2-5-9-16/h2,4-5,8-9,17,20H,3,6-7,10-15H2,1H3. The van der Waals surface area contributed by atoms with Gasteiger partial charge < -0.3 is 5.32 Å². The lowest BCUT2D eigenvalue weighted by Gasteiger charge is -2.52. The van der Waals surface area contributed by atoms with E-state index in [1.807, 2.05) is 0 Å². The molecule has 1 heterocycles. The van der Waals surface area contributed by atoms with E-state index >= 15 is 0 Å². The molecule has 1 aromatic rings. The van der Waals surface area contributed by atoms with Gasteiger partial charge >= 0.3 is 0 Å². The fourth-order valence-electron chi connectivity index (χ4n) is 4.49. The average Bonchev–Trinajstić information content (AvgIpc) is 3.28. The summed E-state index contributed by atoms with van der Waals surface area (Å²) in [4.78, 5) is 2.85. The lowest BCUT2D eigenvalue weighted by molar-refractivity contribution is 0.0188. The van der Waals surface area contributed by atoms with Gasteiger partial charge in [0.2, 0.25) is 0 Å². The summed E-state index contributed by atoms with van der Waals surface area (Å²) in [5.41, 5.74) is 2.37. The van der Waals surface area contributed by atoms with Crippen LogP contribution in [0.2, 0.25) is 0 Å². The van der Waals surface area contributed by atoms with Crippen LogP contribution in [0, 0.1) is 0 Å². The number of piperazine rings is 1. The number of nitrogens with one attached hydrogen (secondary N) is 1. The normalized spacial score (nSPS) is 31.2. The average molecular weight is 284 g/mol. The van der Waals surface area contributed by atoms with Crippen LogP contribution in [-0.4, -0.2) is 29.1 Å². The molecule has 1 N–H and O–H groups in total. The van der Waals surface area contributed by atoms with E-state index < -0.39 is 0 Å². The molecule has 1 aromatic carbocycles. The Morgan fingerprint density at radius 3 is 2.38 bits per heavy atom. The molecule has 0 radical (unpaired) electrons. The Kier molecular flexibility index (Phi) is 3.35. The van der Waals surface area contributed by atoms with Crippen molar-refractivity contribution in [1.82, 2.24) is 10.2 Å². The quantitative estimate of drug-likeness (QED) is 0.886. The van der Waals surface area contributed by atoms with E-state index in [1.54, 1.807) is 0 Å². The zero-order valence-electron chi connectivity index (χ0n) is 13.3. The first kappa shape index (κ1) is 13.8. The highest BCUT2D eigenvalue weighted by Gasteiger charge is 2.51. The van der Waals surface area contributed by atoms with Crippen molar-refractivity contribution in [2.45, 2.75) is 69.0 Å². The van der Waals surface area contributed by atoms with Crippen molar-refractivity contribution in [2.24, 2.45) is 0 Å². The van der Waals surface area contributed by atoms with E-state index in [2.05, 4.69) is 47.5 Å². The lowest BCUT2D eigenvalue weighted by atomic mass is 9.78. The Balaban J connectivity index is 1.61. The summed E-state index contributed by atoms with van der Waals surface area (Å²) in [6, 6.07) is 11.7. The second-order valence-corrected chi connectivity index (χ2v) is 7.77. The Morgan fingerprint density at radius 2 is 1.71 bits per heavy atom. The zero-order chi connectivity index (χ0) is 14.3. The van der Waals surface area contributed by atoms with Gasteiger partial charge in [0, 0.05) is 30.2 Å².